The molecule has 0 unspecified atom stereocenters. The standard InChI is InChI=1S/C13H12N2O2/c1-8-3-2-4-9(5-8)12-10(13(16)17)6-15-7-11(12)14/h2-7H,14H2,1H3,(H,16,17). The lowest BCUT2D eigenvalue weighted by Gasteiger charge is -2.09. The largest absolute Gasteiger partial charge is 0.478 e. The fraction of sp³-hybridized carbons (Fsp3) is 0.0769. The van der Waals surface area contributed by atoms with Gasteiger partial charge in [-0.25, -0.2) is 4.79 Å². The number of nitrogens with zero attached hydrogens (tertiary/aromatic N) is 1. The Kier molecular flexibility index (Phi) is 2.78. The summed E-state index contributed by atoms with van der Waals surface area (Å²) in [7, 11) is 0. The van der Waals surface area contributed by atoms with E-state index in [4.69, 9.17) is 10.8 Å². The zero-order valence-corrected chi connectivity index (χ0v) is 9.34. The molecule has 4 nitrogen and oxygen atoms in total. The first-order valence-corrected chi connectivity index (χ1v) is 5.13. The van der Waals surface area contributed by atoms with E-state index in [-0.39, 0.29) is 5.56 Å². The Morgan fingerprint density at radius 3 is 2.76 bits per heavy atom. The van der Waals surface area contributed by atoms with Crippen molar-refractivity contribution in [2.45, 2.75) is 6.92 Å². The molecule has 0 atom stereocenters. The Morgan fingerprint density at radius 2 is 2.12 bits per heavy atom. The second kappa shape index (κ2) is 4.25. The van der Waals surface area contributed by atoms with E-state index in [0.717, 1.165) is 11.1 Å². The zero-order chi connectivity index (χ0) is 12.4. The van der Waals surface area contributed by atoms with E-state index in [2.05, 4.69) is 4.98 Å². The third-order valence-electron chi connectivity index (χ3n) is 2.51. The van der Waals surface area contributed by atoms with Crippen molar-refractivity contribution in [3.63, 3.8) is 0 Å². The highest BCUT2D eigenvalue weighted by Gasteiger charge is 2.14. The van der Waals surface area contributed by atoms with Crippen LogP contribution in [0.5, 0.6) is 0 Å². The van der Waals surface area contributed by atoms with E-state index < -0.39 is 5.97 Å². The molecule has 17 heavy (non-hydrogen) atoms. The van der Waals surface area contributed by atoms with Crippen LogP contribution in [-0.2, 0) is 0 Å². The van der Waals surface area contributed by atoms with Crippen LogP contribution in [0.4, 0.5) is 5.69 Å². The molecule has 0 saturated carbocycles. The van der Waals surface area contributed by atoms with Crippen molar-refractivity contribution in [1.82, 2.24) is 4.98 Å². The molecule has 0 amide bonds. The number of hydrogen-bond acceptors (Lipinski definition) is 3. The molecule has 0 bridgehead atoms. The molecule has 1 aromatic heterocycles. The van der Waals surface area contributed by atoms with Crippen molar-refractivity contribution in [3.05, 3.63) is 47.8 Å². The fourth-order valence-electron chi connectivity index (χ4n) is 1.76. The fourth-order valence-corrected chi connectivity index (χ4v) is 1.76. The third-order valence-corrected chi connectivity index (χ3v) is 2.51. The van der Waals surface area contributed by atoms with E-state index >= 15 is 0 Å². The van der Waals surface area contributed by atoms with Gasteiger partial charge in [-0.15, -0.1) is 0 Å². The summed E-state index contributed by atoms with van der Waals surface area (Å²) in [6, 6.07) is 7.56. The first-order valence-electron chi connectivity index (χ1n) is 5.13. The molecule has 0 saturated heterocycles. The molecule has 0 aliphatic rings. The van der Waals surface area contributed by atoms with Gasteiger partial charge in [0.2, 0.25) is 0 Å². The predicted octanol–water partition coefficient (Wildman–Crippen LogP) is 2.34. The molecular formula is C13H12N2O2. The minimum absolute atomic E-state index is 0.121. The molecule has 0 aliphatic heterocycles. The Bertz CT molecular complexity index is 579. The lowest BCUT2D eigenvalue weighted by atomic mass is 9.99. The van der Waals surface area contributed by atoms with Gasteiger partial charge in [0.25, 0.3) is 0 Å². The minimum Gasteiger partial charge on any atom is -0.478 e. The molecular weight excluding hydrogens is 216 g/mol. The molecule has 0 fully saturated rings. The number of aromatic nitrogens is 1. The first kappa shape index (κ1) is 11.1. The number of carbonyl (C=O) groups is 1. The predicted molar refractivity (Wildman–Crippen MR) is 65.8 cm³/mol. The molecule has 2 rings (SSSR count). The third kappa shape index (κ3) is 2.10. The van der Waals surface area contributed by atoms with E-state index in [9.17, 15) is 4.79 Å². The maximum atomic E-state index is 11.1. The Balaban J connectivity index is 2.70. The van der Waals surface area contributed by atoms with Gasteiger partial charge in [0, 0.05) is 11.8 Å². The van der Waals surface area contributed by atoms with Crippen LogP contribution in [0, 0.1) is 6.92 Å². The highest BCUT2D eigenvalue weighted by atomic mass is 16.4. The smallest absolute Gasteiger partial charge is 0.337 e. The van der Waals surface area contributed by atoms with Crippen LogP contribution in [0.2, 0.25) is 0 Å². The van der Waals surface area contributed by atoms with Crippen LogP contribution < -0.4 is 5.73 Å². The number of pyridine rings is 1. The van der Waals surface area contributed by atoms with Crippen molar-refractivity contribution in [2.24, 2.45) is 0 Å². The van der Waals surface area contributed by atoms with Gasteiger partial charge in [-0.05, 0) is 12.5 Å². The number of rotatable bonds is 2. The highest BCUT2D eigenvalue weighted by molar-refractivity contribution is 5.99. The number of nitrogens with two attached hydrogens (primary N) is 1. The average molecular weight is 228 g/mol. The summed E-state index contributed by atoms with van der Waals surface area (Å²) in [5.41, 5.74) is 8.68. The van der Waals surface area contributed by atoms with Gasteiger partial charge in [0.05, 0.1) is 17.4 Å². The number of carboxylic acids is 1. The molecule has 1 aromatic carbocycles. The van der Waals surface area contributed by atoms with Crippen molar-refractivity contribution in [2.75, 3.05) is 5.73 Å². The number of hydrogen-bond donors (Lipinski definition) is 2. The maximum absolute atomic E-state index is 11.1. The summed E-state index contributed by atoms with van der Waals surface area (Å²) in [6.45, 7) is 1.95. The number of nitrogen functional groups attached to an aromatic ring is 1. The van der Waals surface area contributed by atoms with Gasteiger partial charge in [0.15, 0.2) is 0 Å². The quantitative estimate of drug-likeness (QED) is 0.827. The molecule has 4 heteroatoms. The van der Waals surface area contributed by atoms with Crippen LogP contribution >= 0.6 is 0 Å². The summed E-state index contributed by atoms with van der Waals surface area (Å²) in [5.74, 6) is -1.03. The van der Waals surface area contributed by atoms with Gasteiger partial charge in [-0.1, -0.05) is 29.8 Å². The van der Waals surface area contributed by atoms with Crippen molar-refractivity contribution in [1.29, 1.82) is 0 Å². The number of anilines is 1. The van der Waals surface area contributed by atoms with Crippen LogP contribution in [0.1, 0.15) is 15.9 Å². The van der Waals surface area contributed by atoms with E-state index in [1.807, 2.05) is 31.2 Å². The lowest BCUT2D eigenvalue weighted by molar-refractivity contribution is 0.0697. The highest BCUT2D eigenvalue weighted by Crippen LogP contribution is 2.29. The average Bonchev–Trinajstić information content (AvgIpc) is 2.28. The molecule has 0 spiro atoms. The van der Waals surface area contributed by atoms with Gasteiger partial charge in [-0.2, -0.15) is 0 Å². The maximum Gasteiger partial charge on any atom is 0.337 e. The van der Waals surface area contributed by atoms with Crippen LogP contribution in [0.25, 0.3) is 11.1 Å². The second-order valence-electron chi connectivity index (χ2n) is 3.83. The molecule has 1 heterocycles. The van der Waals surface area contributed by atoms with Crippen molar-refractivity contribution < 1.29 is 9.90 Å². The van der Waals surface area contributed by atoms with Gasteiger partial charge >= 0.3 is 5.97 Å². The second-order valence-corrected chi connectivity index (χ2v) is 3.83. The molecule has 0 aliphatic carbocycles. The molecule has 0 radical (unpaired) electrons. The van der Waals surface area contributed by atoms with E-state index in [1.165, 1.54) is 12.4 Å². The van der Waals surface area contributed by atoms with Crippen LogP contribution in [-0.4, -0.2) is 16.1 Å². The van der Waals surface area contributed by atoms with Crippen molar-refractivity contribution in [3.8, 4) is 11.1 Å². The number of aryl methyl sites for hydroxylation is 1. The monoisotopic (exact) mass is 228 g/mol. The van der Waals surface area contributed by atoms with E-state index in [1.54, 1.807) is 0 Å². The Labute approximate surface area is 98.7 Å². The van der Waals surface area contributed by atoms with Crippen LogP contribution in [0.3, 0.4) is 0 Å². The number of benzene rings is 1. The first-order chi connectivity index (χ1) is 8.09. The Morgan fingerprint density at radius 1 is 1.35 bits per heavy atom. The molecule has 3 N–H and O–H groups in total. The Hall–Kier alpha value is -2.36. The minimum atomic E-state index is -1.03. The summed E-state index contributed by atoms with van der Waals surface area (Å²) in [5, 5.41) is 9.13. The topological polar surface area (TPSA) is 76.2 Å². The lowest BCUT2D eigenvalue weighted by Crippen LogP contribution is -2.04. The number of carboxylic acid groups (broad SMARTS) is 1. The summed E-state index contributed by atoms with van der Waals surface area (Å²) in [4.78, 5) is 14.9. The van der Waals surface area contributed by atoms with E-state index in [0.29, 0.717) is 11.3 Å². The summed E-state index contributed by atoms with van der Waals surface area (Å²) in [6.07, 6.45) is 2.78. The van der Waals surface area contributed by atoms with Gasteiger partial charge in [0.1, 0.15) is 0 Å². The van der Waals surface area contributed by atoms with Crippen LogP contribution in [0.15, 0.2) is 36.7 Å². The normalized spacial score (nSPS) is 10.2. The SMILES string of the molecule is Cc1cccc(-c2c(N)cncc2C(=O)O)c1. The zero-order valence-electron chi connectivity index (χ0n) is 9.34. The molecule has 2 aromatic rings. The van der Waals surface area contributed by atoms with Gasteiger partial charge in [-0.3, -0.25) is 4.98 Å². The number of aromatic carboxylic acids is 1. The summed E-state index contributed by atoms with van der Waals surface area (Å²) >= 11 is 0. The van der Waals surface area contributed by atoms with Crippen molar-refractivity contribution >= 4 is 11.7 Å². The molecule has 86 valence electrons. The van der Waals surface area contributed by atoms with Gasteiger partial charge < -0.3 is 10.8 Å². The summed E-state index contributed by atoms with van der Waals surface area (Å²) < 4.78 is 0.